The minimum atomic E-state index is 0.153. The van der Waals surface area contributed by atoms with Gasteiger partial charge >= 0.3 is 0 Å². The highest BCUT2D eigenvalue weighted by Gasteiger charge is 2.05. The zero-order valence-corrected chi connectivity index (χ0v) is 8.71. The fourth-order valence-corrected chi connectivity index (χ4v) is 1.30. The van der Waals surface area contributed by atoms with Crippen LogP contribution in [0.2, 0.25) is 0 Å². The third kappa shape index (κ3) is 2.39. The van der Waals surface area contributed by atoms with Crippen molar-refractivity contribution in [3.05, 3.63) is 23.3 Å². The van der Waals surface area contributed by atoms with Crippen LogP contribution in [0.25, 0.3) is 0 Å². The molecule has 3 heteroatoms. The van der Waals surface area contributed by atoms with Crippen LogP contribution in [0, 0.1) is 13.8 Å². The van der Waals surface area contributed by atoms with Gasteiger partial charge in [0.05, 0.1) is 6.61 Å². The van der Waals surface area contributed by atoms with E-state index >= 15 is 0 Å². The molecule has 0 aromatic heterocycles. The highest BCUT2D eigenvalue weighted by atomic mass is 16.5. The van der Waals surface area contributed by atoms with Crippen LogP contribution < -0.4 is 10.5 Å². The second-order valence-corrected chi connectivity index (χ2v) is 3.35. The Morgan fingerprint density at radius 1 is 1.36 bits per heavy atom. The van der Waals surface area contributed by atoms with Gasteiger partial charge in [0, 0.05) is 24.3 Å². The summed E-state index contributed by atoms with van der Waals surface area (Å²) >= 11 is 0. The number of nitrogen functional groups attached to an aromatic ring is 1. The number of aliphatic hydroxyl groups excluding tert-OH is 1. The first-order valence-corrected chi connectivity index (χ1v) is 4.76. The van der Waals surface area contributed by atoms with Gasteiger partial charge in [0.2, 0.25) is 0 Å². The summed E-state index contributed by atoms with van der Waals surface area (Å²) in [5, 5.41) is 8.63. The predicted molar refractivity (Wildman–Crippen MR) is 57.5 cm³/mol. The lowest BCUT2D eigenvalue weighted by Crippen LogP contribution is -2.03. The molecular weight excluding hydrogens is 178 g/mol. The van der Waals surface area contributed by atoms with Gasteiger partial charge in [-0.25, -0.2) is 0 Å². The van der Waals surface area contributed by atoms with Crippen LogP contribution in [-0.4, -0.2) is 18.3 Å². The van der Waals surface area contributed by atoms with E-state index in [0.29, 0.717) is 13.0 Å². The number of benzene rings is 1. The molecule has 78 valence electrons. The maximum absolute atomic E-state index is 8.63. The number of hydrogen-bond acceptors (Lipinski definition) is 3. The van der Waals surface area contributed by atoms with Crippen molar-refractivity contribution in [3.8, 4) is 5.75 Å². The SMILES string of the molecule is Cc1ccc(N)c(C)c1OCCCO. The van der Waals surface area contributed by atoms with Gasteiger partial charge in [-0.15, -0.1) is 0 Å². The van der Waals surface area contributed by atoms with E-state index in [1.165, 1.54) is 0 Å². The molecule has 3 N–H and O–H groups in total. The first-order valence-electron chi connectivity index (χ1n) is 4.76. The molecule has 0 radical (unpaired) electrons. The zero-order chi connectivity index (χ0) is 10.6. The quantitative estimate of drug-likeness (QED) is 0.567. The maximum atomic E-state index is 8.63. The molecule has 0 bridgehead atoms. The fourth-order valence-electron chi connectivity index (χ4n) is 1.30. The van der Waals surface area contributed by atoms with Gasteiger partial charge in [-0.1, -0.05) is 6.07 Å². The van der Waals surface area contributed by atoms with E-state index in [4.69, 9.17) is 15.6 Å². The Hall–Kier alpha value is -1.22. The minimum Gasteiger partial charge on any atom is -0.493 e. The van der Waals surface area contributed by atoms with Crippen LogP contribution in [0.3, 0.4) is 0 Å². The number of anilines is 1. The second kappa shape index (κ2) is 4.86. The third-order valence-electron chi connectivity index (χ3n) is 2.19. The predicted octanol–water partition coefficient (Wildman–Crippen LogP) is 1.65. The van der Waals surface area contributed by atoms with E-state index in [0.717, 1.165) is 22.6 Å². The van der Waals surface area contributed by atoms with Crippen LogP contribution in [0.5, 0.6) is 5.75 Å². The molecule has 0 heterocycles. The molecular formula is C11H17NO2. The van der Waals surface area contributed by atoms with Gasteiger partial charge in [-0.3, -0.25) is 0 Å². The lowest BCUT2D eigenvalue weighted by Gasteiger charge is -2.13. The first kappa shape index (κ1) is 10.9. The molecule has 1 aromatic rings. The Labute approximate surface area is 84.5 Å². The van der Waals surface area contributed by atoms with Gasteiger partial charge in [0.25, 0.3) is 0 Å². The van der Waals surface area contributed by atoms with Crippen molar-refractivity contribution < 1.29 is 9.84 Å². The Bertz CT molecular complexity index is 310. The normalized spacial score (nSPS) is 10.2. The largest absolute Gasteiger partial charge is 0.493 e. The second-order valence-electron chi connectivity index (χ2n) is 3.35. The number of hydrogen-bond donors (Lipinski definition) is 2. The van der Waals surface area contributed by atoms with Crippen molar-refractivity contribution in [2.75, 3.05) is 18.9 Å². The Morgan fingerprint density at radius 3 is 2.71 bits per heavy atom. The third-order valence-corrected chi connectivity index (χ3v) is 2.19. The van der Waals surface area contributed by atoms with Crippen molar-refractivity contribution in [1.29, 1.82) is 0 Å². The summed E-state index contributed by atoms with van der Waals surface area (Å²) < 4.78 is 5.55. The minimum absolute atomic E-state index is 0.153. The highest BCUT2D eigenvalue weighted by molar-refractivity contribution is 5.56. The lowest BCUT2D eigenvalue weighted by molar-refractivity contribution is 0.232. The summed E-state index contributed by atoms with van der Waals surface area (Å²) in [6, 6.07) is 3.82. The summed E-state index contributed by atoms with van der Waals surface area (Å²) in [6.45, 7) is 4.61. The Kier molecular flexibility index (Phi) is 3.77. The molecule has 0 saturated carbocycles. The average molecular weight is 195 g/mol. The molecule has 0 aliphatic heterocycles. The van der Waals surface area contributed by atoms with E-state index in [2.05, 4.69) is 0 Å². The molecule has 0 aliphatic carbocycles. The Morgan fingerprint density at radius 2 is 2.07 bits per heavy atom. The van der Waals surface area contributed by atoms with E-state index in [-0.39, 0.29) is 6.61 Å². The van der Waals surface area contributed by atoms with E-state index in [1.54, 1.807) is 0 Å². The summed E-state index contributed by atoms with van der Waals surface area (Å²) in [4.78, 5) is 0. The molecule has 1 aromatic carbocycles. The Balaban J connectivity index is 2.79. The standard InChI is InChI=1S/C11H17NO2/c1-8-4-5-10(12)9(2)11(8)14-7-3-6-13/h4-5,13H,3,6-7,12H2,1-2H3. The molecule has 0 unspecified atom stereocenters. The molecule has 0 aliphatic rings. The van der Waals surface area contributed by atoms with Gasteiger partial charge in [-0.2, -0.15) is 0 Å². The first-order chi connectivity index (χ1) is 6.66. The van der Waals surface area contributed by atoms with Crippen LogP contribution in [0.4, 0.5) is 5.69 Å². The van der Waals surface area contributed by atoms with Crippen LogP contribution in [0.1, 0.15) is 17.5 Å². The number of ether oxygens (including phenoxy) is 1. The van der Waals surface area contributed by atoms with Gasteiger partial charge in [0.1, 0.15) is 5.75 Å². The summed E-state index contributed by atoms with van der Waals surface area (Å²) in [5.41, 5.74) is 8.56. The van der Waals surface area contributed by atoms with E-state index in [9.17, 15) is 0 Å². The zero-order valence-electron chi connectivity index (χ0n) is 8.71. The molecule has 14 heavy (non-hydrogen) atoms. The summed E-state index contributed by atoms with van der Waals surface area (Å²) in [7, 11) is 0. The van der Waals surface area contributed by atoms with Crippen LogP contribution in [0.15, 0.2) is 12.1 Å². The van der Waals surface area contributed by atoms with Gasteiger partial charge < -0.3 is 15.6 Å². The molecule has 0 saturated heterocycles. The topological polar surface area (TPSA) is 55.5 Å². The fraction of sp³-hybridized carbons (Fsp3) is 0.455. The summed E-state index contributed by atoms with van der Waals surface area (Å²) in [5.74, 6) is 0.846. The number of aryl methyl sites for hydroxylation is 1. The monoisotopic (exact) mass is 195 g/mol. The van der Waals surface area contributed by atoms with Crippen molar-refractivity contribution in [2.45, 2.75) is 20.3 Å². The lowest BCUT2D eigenvalue weighted by atomic mass is 10.1. The molecule has 0 atom stereocenters. The van der Waals surface area contributed by atoms with Crippen molar-refractivity contribution >= 4 is 5.69 Å². The van der Waals surface area contributed by atoms with Gasteiger partial charge in [-0.05, 0) is 25.5 Å². The van der Waals surface area contributed by atoms with Crippen molar-refractivity contribution in [1.82, 2.24) is 0 Å². The van der Waals surface area contributed by atoms with E-state index in [1.807, 2.05) is 26.0 Å². The van der Waals surface area contributed by atoms with Crippen LogP contribution in [-0.2, 0) is 0 Å². The summed E-state index contributed by atoms with van der Waals surface area (Å²) in [6.07, 6.45) is 0.647. The molecule has 0 spiro atoms. The maximum Gasteiger partial charge on any atom is 0.127 e. The number of aliphatic hydroxyl groups is 1. The van der Waals surface area contributed by atoms with Gasteiger partial charge in [0.15, 0.2) is 0 Å². The smallest absolute Gasteiger partial charge is 0.127 e. The highest BCUT2D eigenvalue weighted by Crippen LogP contribution is 2.27. The molecule has 1 rings (SSSR count). The van der Waals surface area contributed by atoms with E-state index < -0.39 is 0 Å². The molecule has 0 amide bonds. The number of rotatable bonds is 4. The molecule has 3 nitrogen and oxygen atoms in total. The molecule has 0 fully saturated rings. The van der Waals surface area contributed by atoms with Crippen LogP contribution >= 0.6 is 0 Å². The average Bonchev–Trinajstić information content (AvgIpc) is 2.18. The number of nitrogens with two attached hydrogens (primary N) is 1. The van der Waals surface area contributed by atoms with Crippen molar-refractivity contribution in [3.63, 3.8) is 0 Å². The van der Waals surface area contributed by atoms with Crippen molar-refractivity contribution in [2.24, 2.45) is 0 Å².